The summed E-state index contributed by atoms with van der Waals surface area (Å²) in [6.45, 7) is 0. The molecule has 4 amide bonds. The highest BCUT2D eigenvalue weighted by Gasteiger charge is 2.41. The van der Waals surface area contributed by atoms with Crippen molar-refractivity contribution in [1.82, 2.24) is 14.9 Å². The van der Waals surface area contributed by atoms with Gasteiger partial charge in [-0.2, -0.15) is 0 Å². The third-order valence-corrected chi connectivity index (χ3v) is 2.71. The molecular weight excluding hydrogens is 349 g/mol. The number of benzene rings is 1. The van der Waals surface area contributed by atoms with Crippen molar-refractivity contribution >= 4 is 25.1 Å². The van der Waals surface area contributed by atoms with Gasteiger partial charge in [-0.05, 0) is 17.2 Å². The lowest BCUT2D eigenvalue weighted by Crippen LogP contribution is -2.36. The Balaban J connectivity index is 0.000000550. The molecule has 1 aliphatic rings. The number of carbonyl (C=O) groups excluding carboxylic acids is 3. The van der Waals surface area contributed by atoms with Crippen LogP contribution in [0.3, 0.4) is 0 Å². The quantitative estimate of drug-likeness (QED) is 0.202. The molecule has 0 bridgehead atoms. The molecule has 0 radical (unpaired) electrons. The zero-order valence-corrected chi connectivity index (χ0v) is 13.9. The molecule has 0 saturated carbocycles. The summed E-state index contributed by atoms with van der Waals surface area (Å²) in [6.07, 6.45) is 0. The van der Waals surface area contributed by atoms with Crippen LogP contribution in [-0.2, 0) is 4.99 Å². The fourth-order valence-corrected chi connectivity index (χ4v) is 1.85. The summed E-state index contributed by atoms with van der Waals surface area (Å²) in [5.74, 6) is -1.08. The molecule has 0 fully saturated rings. The second-order valence-electron chi connectivity index (χ2n) is 5.17. The third kappa shape index (κ3) is 5.66. The molecule has 25 heavy (non-hydrogen) atoms. The van der Waals surface area contributed by atoms with Crippen molar-refractivity contribution in [3.05, 3.63) is 35.4 Å². The smallest absolute Gasteiger partial charge is 0.418 e. The molecule has 0 aliphatic carbocycles. The highest BCUT2D eigenvalue weighted by atomic mass is 19.5. The van der Waals surface area contributed by atoms with Gasteiger partial charge in [-0.25, -0.2) is 0 Å². The van der Waals surface area contributed by atoms with Gasteiger partial charge in [0.2, 0.25) is 0 Å². The summed E-state index contributed by atoms with van der Waals surface area (Å²) in [4.78, 5) is 32.3. The van der Waals surface area contributed by atoms with Crippen LogP contribution in [0.5, 0.6) is 0 Å². The Kier molecular flexibility index (Phi) is 6.37. The Morgan fingerprint density at radius 1 is 0.960 bits per heavy atom. The Bertz CT molecular complexity index is 628. The van der Waals surface area contributed by atoms with Gasteiger partial charge in [-0.1, -0.05) is 12.1 Å². The van der Waals surface area contributed by atoms with Gasteiger partial charge >= 0.3 is 25.1 Å². The van der Waals surface area contributed by atoms with Crippen LogP contribution in [0, 0.1) is 0 Å². The highest BCUT2D eigenvalue weighted by molar-refractivity contribution is 6.50. The Morgan fingerprint density at radius 2 is 1.32 bits per heavy atom. The average Bonchev–Trinajstić information content (AvgIpc) is 2.70. The summed E-state index contributed by atoms with van der Waals surface area (Å²) in [5.41, 5.74) is 0.606. The standard InChI is InChI=1S/C13H16N3O4.BF4/c1-14(2)13(15(3)4)19-20-16-11(17)9-7-5-6-8-10(9)12(16)18;2-1(3,4)5/h5-8H,1-4H3;/q+1;-1. The zero-order valence-electron chi connectivity index (χ0n) is 13.9. The van der Waals surface area contributed by atoms with Gasteiger partial charge in [0.15, 0.2) is 0 Å². The maximum Gasteiger partial charge on any atom is 0.673 e. The summed E-state index contributed by atoms with van der Waals surface area (Å²) in [7, 11) is 1.00. The molecule has 0 saturated heterocycles. The van der Waals surface area contributed by atoms with E-state index in [4.69, 9.17) is 9.56 Å². The molecule has 2 rings (SSSR count). The van der Waals surface area contributed by atoms with Crippen LogP contribution in [0.15, 0.2) is 24.3 Å². The van der Waals surface area contributed by atoms with Crippen LogP contribution in [0.4, 0.5) is 21.8 Å². The second kappa shape index (κ2) is 7.86. The molecule has 7 nitrogen and oxygen atoms in total. The fourth-order valence-electron chi connectivity index (χ4n) is 1.85. The second-order valence-corrected chi connectivity index (χ2v) is 5.17. The van der Waals surface area contributed by atoms with Crippen molar-refractivity contribution in [3.63, 3.8) is 0 Å². The van der Waals surface area contributed by atoms with Gasteiger partial charge in [0.25, 0.3) is 0 Å². The molecule has 0 unspecified atom stereocenters. The maximum absolute atomic E-state index is 12.0. The number of fused-ring (bicyclic) bond motifs is 1. The van der Waals surface area contributed by atoms with Gasteiger partial charge in [0.05, 0.1) is 11.1 Å². The molecule has 1 aromatic rings. The third-order valence-electron chi connectivity index (χ3n) is 2.71. The summed E-state index contributed by atoms with van der Waals surface area (Å²) in [6, 6.07) is 6.86. The van der Waals surface area contributed by atoms with E-state index in [1.165, 1.54) is 0 Å². The van der Waals surface area contributed by atoms with Crippen molar-refractivity contribution in [2.75, 3.05) is 28.2 Å². The van der Waals surface area contributed by atoms with E-state index in [1.807, 2.05) is 0 Å². The topological polar surface area (TPSA) is 64.4 Å². The van der Waals surface area contributed by atoms with E-state index in [0.29, 0.717) is 22.2 Å². The molecule has 1 heterocycles. The van der Waals surface area contributed by atoms with Gasteiger partial charge in [-0.15, -0.1) is 0 Å². The van der Waals surface area contributed by atoms with Crippen molar-refractivity contribution in [2.24, 2.45) is 0 Å². The SMILES string of the molecule is CN(C)C(=[O+]ON1C(=O)c2ccccc2C1=O)N(C)C.F[B-](F)(F)F. The number of rotatable bonds is 2. The monoisotopic (exact) mass is 365 g/mol. The van der Waals surface area contributed by atoms with Crippen molar-refractivity contribution in [3.8, 4) is 0 Å². The first-order valence-corrected chi connectivity index (χ1v) is 6.85. The zero-order chi connectivity index (χ0) is 19.4. The van der Waals surface area contributed by atoms with Gasteiger partial charge < -0.3 is 17.3 Å². The average molecular weight is 365 g/mol. The lowest BCUT2D eigenvalue weighted by molar-refractivity contribution is -0.580. The largest absolute Gasteiger partial charge is 0.673 e. The minimum Gasteiger partial charge on any atom is -0.418 e. The van der Waals surface area contributed by atoms with Gasteiger partial charge in [-0.3, -0.25) is 19.4 Å². The number of hydrogen-bond acceptors (Lipinski definition) is 3. The number of halogens is 4. The molecule has 0 atom stereocenters. The summed E-state index contributed by atoms with van der Waals surface area (Å²) >= 11 is 0. The Labute approximate surface area is 141 Å². The Hall–Kier alpha value is -2.79. The highest BCUT2D eigenvalue weighted by Crippen LogP contribution is 2.23. The van der Waals surface area contributed by atoms with Crippen LogP contribution in [0.25, 0.3) is 0 Å². The molecule has 1 aliphatic heterocycles. The van der Waals surface area contributed by atoms with Crippen LogP contribution in [0.2, 0.25) is 0 Å². The van der Waals surface area contributed by atoms with E-state index in [1.54, 1.807) is 62.3 Å². The van der Waals surface area contributed by atoms with E-state index >= 15 is 0 Å². The van der Waals surface area contributed by atoms with E-state index in [0.717, 1.165) is 0 Å². The lowest BCUT2D eigenvalue weighted by Gasteiger charge is -2.09. The summed E-state index contributed by atoms with van der Waals surface area (Å²) in [5, 5.41) is 0.609. The van der Waals surface area contributed by atoms with E-state index in [9.17, 15) is 26.9 Å². The molecular formula is C13H16BF4N3O4. The predicted octanol–water partition coefficient (Wildman–Crippen LogP) is 2.21. The minimum absolute atomic E-state index is 0.303. The predicted molar refractivity (Wildman–Crippen MR) is 81.0 cm³/mol. The fraction of sp³-hybridized carbons (Fsp3) is 0.308. The minimum atomic E-state index is -6.00. The number of urea groups is 1. The number of carbonyl (C=O) groups is 2. The molecule has 138 valence electrons. The van der Waals surface area contributed by atoms with E-state index < -0.39 is 19.1 Å². The van der Waals surface area contributed by atoms with Gasteiger partial charge in [0.1, 0.15) is 4.58 Å². The first-order valence-electron chi connectivity index (χ1n) is 6.85. The molecule has 1 aromatic carbocycles. The molecule has 0 spiro atoms. The van der Waals surface area contributed by atoms with E-state index in [2.05, 4.69) is 0 Å². The van der Waals surface area contributed by atoms with Crippen LogP contribution >= 0.6 is 0 Å². The van der Waals surface area contributed by atoms with Crippen LogP contribution in [-0.4, -0.2) is 68.2 Å². The number of hydroxylamine groups is 2. The molecule has 0 aromatic heterocycles. The molecule has 12 heteroatoms. The first-order chi connectivity index (χ1) is 11.4. The Morgan fingerprint density at radius 3 is 1.64 bits per heavy atom. The normalized spacial score (nSPS) is 12.9. The van der Waals surface area contributed by atoms with Crippen LogP contribution in [0.1, 0.15) is 20.7 Å². The number of amides is 4. The lowest BCUT2D eigenvalue weighted by atomic mass is 10.1. The van der Waals surface area contributed by atoms with Crippen molar-refractivity contribution in [1.29, 1.82) is 0 Å². The maximum atomic E-state index is 12.0. The van der Waals surface area contributed by atoms with Gasteiger partial charge in [0, 0.05) is 33.2 Å². The van der Waals surface area contributed by atoms with Crippen molar-refractivity contribution in [2.45, 2.75) is 0 Å². The van der Waals surface area contributed by atoms with E-state index in [-0.39, 0.29) is 0 Å². The van der Waals surface area contributed by atoms with Crippen molar-refractivity contribution < 1.29 is 36.4 Å². The number of hydrogen-bond donors (Lipinski definition) is 0. The summed E-state index contributed by atoms with van der Waals surface area (Å²) < 4.78 is 44.1. The van der Waals surface area contributed by atoms with Crippen LogP contribution < -0.4 is 0 Å². The number of imide groups is 1. The first kappa shape index (κ1) is 20.3. The number of nitrogens with zero attached hydrogens (tertiary/aromatic N) is 3. The molecule has 0 N–H and O–H groups in total.